The first-order valence-corrected chi connectivity index (χ1v) is 5.88. The van der Waals surface area contributed by atoms with E-state index in [0.29, 0.717) is 10.7 Å². The van der Waals surface area contributed by atoms with E-state index in [0.717, 1.165) is 0 Å². The number of nitrogens with one attached hydrogen (secondary N) is 1. The molecular formula is C13H9Cl2NO2. The molecule has 0 aromatic heterocycles. The highest BCUT2D eigenvalue weighted by molar-refractivity contribution is 6.44. The van der Waals surface area contributed by atoms with Crippen LogP contribution in [0.25, 0.3) is 0 Å². The first-order valence-electron chi connectivity index (χ1n) is 5.12. The maximum atomic E-state index is 12.0. The number of carbonyl (C=O) groups excluding carboxylic acids is 1. The van der Waals surface area contributed by atoms with Crippen molar-refractivity contribution < 1.29 is 9.90 Å². The fraction of sp³-hybridized carbons (Fsp3) is 0. The molecule has 0 fully saturated rings. The SMILES string of the molecule is O=C(Nc1cccc(O)c1)c1cccc(Cl)c1Cl. The van der Waals surface area contributed by atoms with Gasteiger partial charge in [-0.3, -0.25) is 4.79 Å². The monoisotopic (exact) mass is 281 g/mol. The van der Waals surface area contributed by atoms with Gasteiger partial charge in [0.25, 0.3) is 5.91 Å². The normalized spacial score (nSPS) is 10.1. The number of aromatic hydroxyl groups is 1. The van der Waals surface area contributed by atoms with Crippen molar-refractivity contribution in [2.75, 3.05) is 5.32 Å². The third-order valence-electron chi connectivity index (χ3n) is 2.30. The third-order valence-corrected chi connectivity index (χ3v) is 3.12. The van der Waals surface area contributed by atoms with Crippen LogP contribution in [-0.2, 0) is 0 Å². The molecule has 0 spiro atoms. The summed E-state index contributed by atoms with van der Waals surface area (Å²) in [6.45, 7) is 0. The van der Waals surface area contributed by atoms with E-state index in [1.54, 1.807) is 30.3 Å². The lowest BCUT2D eigenvalue weighted by Crippen LogP contribution is -2.12. The Morgan fingerprint density at radius 3 is 2.56 bits per heavy atom. The van der Waals surface area contributed by atoms with Crippen molar-refractivity contribution in [2.45, 2.75) is 0 Å². The molecule has 0 unspecified atom stereocenters. The quantitative estimate of drug-likeness (QED) is 0.876. The maximum Gasteiger partial charge on any atom is 0.257 e. The van der Waals surface area contributed by atoms with Crippen LogP contribution in [-0.4, -0.2) is 11.0 Å². The van der Waals surface area contributed by atoms with E-state index < -0.39 is 0 Å². The van der Waals surface area contributed by atoms with Gasteiger partial charge in [0, 0.05) is 11.8 Å². The predicted octanol–water partition coefficient (Wildman–Crippen LogP) is 3.95. The Labute approximate surface area is 114 Å². The highest BCUT2D eigenvalue weighted by Gasteiger charge is 2.12. The Bertz CT molecular complexity index is 599. The van der Waals surface area contributed by atoms with Crippen LogP contribution in [0.4, 0.5) is 5.69 Å². The molecular weight excluding hydrogens is 273 g/mol. The molecule has 0 heterocycles. The average molecular weight is 282 g/mol. The standard InChI is InChI=1S/C13H9Cl2NO2/c14-11-6-2-5-10(12(11)15)13(18)16-8-3-1-4-9(17)7-8/h1-7,17H,(H,16,18). The summed E-state index contributed by atoms with van der Waals surface area (Å²) in [5, 5.41) is 12.4. The van der Waals surface area contributed by atoms with Crippen LogP contribution in [0.5, 0.6) is 5.75 Å². The zero-order valence-corrected chi connectivity index (χ0v) is 10.7. The number of benzene rings is 2. The van der Waals surface area contributed by atoms with Crippen molar-refractivity contribution in [3.05, 3.63) is 58.1 Å². The van der Waals surface area contributed by atoms with Crippen LogP contribution in [0.15, 0.2) is 42.5 Å². The van der Waals surface area contributed by atoms with Crippen molar-refractivity contribution in [3.63, 3.8) is 0 Å². The highest BCUT2D eigenvalue weighted by Crippen LogP contribution is 2.26. The second-order valence-corrected chi connectivity index (χ2v) is 4.39. The second kappa shape index (κ2) is 5.29. The summed E-state index contributed by atoms with van der Waals surface area (Å²) < 4.78 is 0. The van der Waals surface area contributed by atoms with Gasteiger partial charge in [0.1, 0.15) is 5.75 Å². The molecule has 0 aliphatic carbocycles. The average Bonchev–Trinajstić information content (AvgIpc) is 2.32. The minimum atomic E-state index is -0.381. The summed E-state index contributed by atoms with van der Waals surface area (Å²) in [6, 6.07) is 11.1. The lowest BCUT2D eigenvalue weighted by Gasteiger charge is -2.07. The Hall–Kier alpha value is -1.71. The first kappa shape index (κ1) is 12.7. The van der Waals surface area contributed by atoms with Gasteiger partial charge >= 0.3 is 0 Å². The van der Waals surface area contributed by atoms with Crippen molar-refractivity contribution in [1.82, 2.24) is 0 Å². The van der Waals surface area contributed by atoms with E-state index in [2.05, 4.69) is 5.32 Å². The Morgan fingerprint density at radius 1 is 1.11 bits per heavy atom. The zero-order valence-electron chi connectivity index (χ0n) is 9.15. The maximum absolute atomic E-state index is 12.0. The minimum absolute atomic E-state index is 0.0741. The first-order chi connectivity index (χ1) is 8.58. The molecule has 0 radical (unpaired) electrons. The molecule has 0 saturated carbocycles. The summed E-state index contributed by atoms with van der Waals surface area (Å²) in [5.74, 6) is -0.307. The van der Waals surface area contributed by atoms with Crippen molar-refractivity contribution in [2.24, 2.45) is 0 Å². The summed E-state index contributed by atoms with van der Waals surface area (Å²) in [5.41, 5.74) is 0.767. The number of carbonyl (C=O) groups is 1. The number of anilines is 1. The molecule has 2 aromatic carbocycles. The van der Waals surface area contributed by atoms with Gasteiger partial charge in [-0.2, -0.15) is 0 Å². The van der Waals surface area contributed by atoms with E-state index in [9.17, 15) is 9.90 Å². The molecule has 18 heavy (non-hydrogen) atoms. The number of amides is 1. The van der Waals surface area contributed by atoms with Gasteiger partial charge in [-0.1, -0.05) is 35.3 Å². The zero-order chi connectivity index (χ0) is 13.1. The van der Waals surface area contributed by atoms with Crippen LogP contribution in [0.2, 0.25) is 10.0 Å². The molecule has 0 bridgehead atoms. The van der Waals surface area contributed by atoms with Crippen LogP contribution in [0.3, 0.4) is 0 Å². The van der Waals surface area contributed by atoms with Crippen molar-refractivity contribution in [3.8, 4) is 5.75 Å². The number of halogens is 2. The molecule has 2 rings (SSSR count). The van der Waals surface area contributed by atoms with Gasteiger partial charge in [0.05, 0.1) is 15.6 Å². The van der Waals surface area contributed by atoms with Crippen LogP contribution < -0.4 is 5.32 Å². The topological polar surface area (TPSA) is 49.3 Å². The Balaban J connectivity index is 2.25. The van der Waals surface area contributed by atoms with Crippen molar-refractivity contribution >= 4 is 34.8 Å². The lowest BCUT2D eigenvalue weighted by molar-refractivity contribution is 0.102. The number of hydrogen-bond donors (Lipinski definition) is 2. The van der Waals surface area contributed by atoms with Gasteiger partial charge in [0.2, 0.25) is 0 Å². The fourth-order valence-corrected chi connectivity index (χ4v) is 1.85. The molecule has 0 aliphatic heterocycles. The molecule has 0 saturated heterocycles. The van der Waals surface area contributed by atoms with Crippen molar-refractivity contribution in [1.29, 1.82) is 0 Å². The molecule has 0 aliphatic rings. The van der Waals surface area contributed by atoms with Crippen LogP contribution >= 0.6 is 23.2 Å². The lowest BCUT2D eigenvalue weighted by atomic mass is 10.2. The fourth-order valence-electron chi connectivity index (χ4n) is 1.46. The number of phenols is 1. The molecule has 2 aromatic rings. The molecule has 0 atom stereocenters. The third kappa shape index (κ3) is 2.75. The molecule has 1 amide bonds. The van der Waals surface area contributed by atoms with Gasteiger partial charge in [-0.15, -0.1) is 0 Å². The summed E-state index contributed by atoms with van der Waals surface area (Å²) in [6.07, 6.45) is 0. The number of hydrogen-bond acceptors (Lipinski definition) is 2. The van der Waals surface area contributed by atoms with Gasteiger partial charge in [-0.25, -0.2) is 0 Å². The smallest absolute Gasteiger partial charge is 0.257 e. The molecule has 3 nitrogen and oxygen atoms in total. The largest absolute Gasteiger partial charge is 0.508 e. The minimum Gasteiger partial charge on any atom is -0.508 e. The van der Waals surface area contributed by atoms with Gasteiger partial charge in [-0.05, 0) is 24.3 Å². The van der Waals surface area contributed by atoms with E-state index in [1.807, 2.05) is 0 Å². The molecule has 92 valence electrons. The molecule has 2 N–H and O–H groups in total. The number of phenolic OH excluding ortho intramolecular Hbond substituents is 1. The van der Waals surface area contributed by atoms with E-state index in [4.69, 9.17) is 23.2 Å². The van der Waals surface area contributed by atoms with E-state index in [1.165, 1.54) is 12.1 Å². The predicted molar refractivity (Wildman–Crippen MR) is 72.5 cm³/mol. The van der Waals surface area contributed by atoms with Gasteiger partial charge in [0.15, 0.2) is 0 Å². The van der Waals surface area contributed by atoms with Crippen LogP contribution in [0, 0.1) is 0 Å². The van der Waals surface area contributed by atoms with E-state index >= 15 is 0 Å². The van der Waals surface area contributed by atoms with Crippen LogP contribution in [0.1, 0.15) is 10.4 Å². The second-order valence-electron chi connectivity index (χ2n) is 3.61. The highest BCUT2D eigenvalue weighted by atomic mass is 35.5. The summed E-state index contributed by atoms with van der Waals surface area (Å²) in [7, 11) is 0. The number of rotatable bonds is 2. The summed E-state index contributed by atoms with van der Waals surface area (Å²) >= 11 is 11.8. The Morgan fingerprint density at radius 2 is 1.83 bits per heavy atom. The van der Waals surface area contributed by atoms with Gasteiger partial charge < -0.3 is 10.4 Å². The van der Waals surface area contributed by atoms with E-state index in [-0.39, 0.29) is 22.2 Å². The Kier molecular flexibility index (Phi) is 3.75. The summed E-state index contributed by atoms with van der Waals surface area (Å²) in [4.78, 5) is 12.0. The molecule has 5 heteroatoms.